The first kappa shape index (κ1) is 14.2. The lowest BCUT2D eigenvalue weighted by atomic mass is 10.2. The van der Waals surface area contributed by atoms with Gasteiger partial charge in [-0.2, -0.15) is 0 Å². The fraction of sp³-hybridized carbons (Fsp3) is 0. The molecule has 0 amide bonds. The van der Waals surface area contributed by atoms with Gasteiger partial charge >= 0.3 is 5.97 Å². The lowest BCUT2D eigenvalue weighted by Crippen LogP contribution is -2.02. The molecule has 0 spiro atoms. The van der Waals surface area contributed by atoms with Gasteiger partial charge in [0.15, 0.2) is 5.16 Å². The number of nitrogens with zero attached hydrogens (tertiary/aromatic N) is 3. The van der Waals surface area contributed by atoms with Gasteiger partial charge in [0, 0.05) is 29.4 Å². The molecule has 9 heteroatoms. The summed E-state index contributed by atoms with van der Waals surface area (Å²) in [6.07, 6.45) is 2.99. The van der Waals surface area contributed by atoms with Crippen LogP contribution in [0.15, 0.2) is 40.6 Å². The van der Waals surface area contributed by atoms with Crippen molar-refractivity contribution in [3.63, 3.8) is 0 Å². The number of hydrogen-bond acceptors (Lipinski definition) is 6. The van der Waals surface area contributed by atoms with E-state index in [2.05, 4.69) is 9.97 Å². The predicted octanol–water partition coefficient (Wildman–Crippen LogP) is 2.89. The Labute approximate surface area is 121 Å². The fourth-order valence-electron chi connectivity index (χ4n) is 1.38. The number of aromatic carboxylic acids is 1. The van der Waals surface area contributed by atoms with Crippen LogP contribution < -0.4 is 0 Å². The fourth-order valence-corrected chi connectivity index (χ4v) is 2.53. The van der Waals surface area contributed by atoms with E-state index in [1.165, 1.54) is 12.4 Å². The number of benzene rings is 1. The maximum atomic E-state index is 11.2. The third-order valence-electron chi connectivity index (χ3n) is 2.21. The van der Waals surface area contributed by atoms with Gasteiger partial charge in [0.05, 0.1) is 15.5 Å². The molecule has 2 rings (SSSR count). The van der Waals surface area contributed by atoms with Gasteiger partial charge in [0.25, 0.3) is 5.69 Å². The zero-order chi connectivity index (χ0) is 14.7. The van der Waals surface area contributed by atoms with E-state index >= 15 is 0 Å². The Bertz CT molecular complexity index is 681. The summed E-state index contributed by atoms with van der Waals surface area (Å²) in [5.41, 5.74) is -0.646. The standard InChI is InChI=1S/C11H6ClN3O4S/c12-8-5-6(15(18)19)4-7(10(16)17)9(8)20-11-13-2-1-3-14-11/h1-5H,(H,16,17). The zero-order valence-corrected chi connectivity index (χ0v) is 11.3. The second-order valence-electron chi connectivity index (χ2n) is 3.50. The van der Waals surface area contributed by atoms with E-state index < -0.39 is 10.9 Å². The van der Waals surface area contributed by atoms with Gasteiger partial charge < -0.3 is 5.11 Å². The van der Waals surface area contributed by atoms with E-state index in [4.69, 9.17) is 16.7 Å². The Morgan fingerprint density at radius 3 is 2.55 bits per heavy atom. The van der Waals surface area contributed by atoms with E-state index in [0.717, 1.165) is 23.9 Å². The molecule has 0 saturated heterocycles. The molecule has 0 bridgehead atoms. The summed E-state index contributed by atoms with van der Waals surface area (Å²) < 4.78 is 0. The van der Waals surface area contributed by atoms with Gasteiger partial charge in [-0.15, -0.1) is 0 Å². The number of carboxylic acids is 1. The lowest BCUT2D eigenvalue weighted by Gasteiger charge is -2.07. The Balaban J connectivity index is 2.51. The molecule has 1 aromatic carbocycles. The van der Waals surface area contributed by atoms with Crippen molar-refractivity contribution in [1.29, 1.82) is 0 Å². The third kappa shape index (κ3) is 3.03. The van der Waals surface area contributed by atoms with Crippen molar-refractivity contribution in [1.82, 2.24) is 9.97 Å². The van der Waals surface area contributed by atoms with Crippen LogP contribution in [0.25, 0.3) is 0 Å². The summed E-state index contributed by atoms with van der Waals surface area (Å²) in [5.74, 6) is -1.31. The van der Waals surface area contributed by atoms with Gasteiger partial charge in [-0.05, 0) is 17.8 Å². The molecule has 20 heavy (non-hydrogen) atoms. The van der Waals surface area contributed by atoms with Crippen molar-refractivity contribution >= 4 is 35.0 Å². The highest BCUT2D eigenvalue weighted by Crippen LogP contribution is 2.37. The highest BCUT2D eigenvalue weighted by Gasteiger charge is 2.21. The number of rotatable bonds is 4. The van der Waals surface area contributed by atoms with Crippen LogP contribution in [0.1, 0.15) is 10.4 Å². The van der Waals surface area contributed by atoms with Crippen LogP contribution in [0, 0.1) is 10.1 Å². The molecular weight excluding hydrogens is 306 g/mol. The van der Waals surface area contributed by atoms with Crippen molar-refractivity contribution in [3.8, 4) is 0 Å². The molecular formula is C11H6ClN3O4S. The summed E-state index contributed by atoms with van der Waals surface area (Å²) in [6, 6.07) is 3.67. The maximum Gasteiger partial charge on any atom is 0.337 e. The van der Waals surface area contributed by atoms with Crippen molar-refractivity contribution in [2.45, 2.75) is 10.1 Å². The largest absolute Gasteiger partial charge is 0.478 e. The summed E-state index contributed by atoms with van der Waals surface area (Å²) in [6.45, 7) is 0. The number of nitro benzene ring substituents is 1. The topological polar surface area (TPSA) is 106 Å². The van der Waals surface area contributed by atoms with E-state index in [1.54, 1.807) is 6.07 Å². The average molecular weight is 312 g/mol. The first-order valence-corrected chi connectivity index (χ1v) is 6.34. The number of carbonyl (C=O) groups is 1. The minimum Gasteiger partial charge on any atom is -0.478 e. The van der Waals surface area contributed by atoms with Crippen molar-refractivity contribution < 1.29 is 14.8 Å². The summed E-state index contributed by atoms with van der Waals surface area (Å²) >= 11 is 6.86. The zero-order valence-electron chi connectivity index (χ0n) is 9.69. The molecule has 0 aliphatic rings. The molecule has 1 aromatic heterocycles. The summed E-state index contributed by atoms with van der Waals surface area (Å²) in [4.78, 5) is 29.3. The van der Waals surface area contributed by atoms with Crippen LogP contribution >= 0.6 is 23.4 Å². The Hall–Kier alpha value is -2.19. The quantitative estimate of drug-likeness (QED) is 0.525. The average Bonchev–Trinajstić information content (AvgIpc) is 2.41. The van der Waals surface area contributed by atoms with Crippen LogP contribution in [0.4, 0.5) is 5.69 Å². The maximum absolute atomic E-state index is 11.2. The normalized spacial score (nSPS) is 10.2. The van der Waals surface area contributed by atoms with Crippen molar-refractivity contribution in [3.05, 3.63) is 51.3 Å². The molecule has 7 nitrogen and oxygen atoms in total. The van der Waals surface area contributed by atoms with Gasteiger partial charge in [-0.3, -0.25) is 10.1 Å². The molecule has 0 unspecified atom stereocenters. The molecule has 1 heterocycles. The van der Waals surface area contributed by atoms with Crippen LogP contribution in [0.3, 0.4) is 0 Å². The van der Waals surface area contributed by atoms with E-state index in [0.29, 0.717) is 5.16 Å². The highest BCUT2D eigenvalue weighted by molar-refractivity contribution is 7.99. The molecule has 0 atom stereocenters. The van der Waals surface area contributed by atoms with Gasteiger partial charge in [0.1, 0.15) is 0 Å². The molecule has 0 saturated carbocycles. The monoisotopic (exact) mass is 311 g/mol. The van der Waals surface area contributed by atoms with Crippen LogP contribution in [-0.2, 0) is 0 Å². The van der Waals surface area contributed by atoms with Crippen molar-refractivity contribution in [2.75, 3.05) is 0 Å². The van der Waals surface area contributed by atoms with E-state index in [-0.39, 0.29) is 21.2 Å². The number of carboxylic acid groups (broad SMARTS) is 1. The van der Waals surface area contributed by atoms with E-state index in [9.17, 15) is 14.9 Å². The molecule has 1 N–H and O–H groups in total. The number of aromatic nitrogens is 2. The van der Waals surface area contributed by atoms with Crippen LogP contribution in [0.5, 0.6) is 0 Å². The summed E-state index contributed by atoms with van der Waals surface area (Å²) in [7, 11) is 0. The summed E-state index contributed by atoms with van der Waals surface area (Å²) in [5, 5.41) is 20.1. The third-order valence-corrected chi connectivity index (χ3v) is 3.65. The second kappa shape index (κ2) is 5.85. The van der Waals surface area contributed by atoms with E-state index in [1.807, 2.05) is 0 Å². The first-order valence-electron chi connectivity index (χ1n) is 5.15. The Kier molecular flexibility index (Phi) is 4.16. The molecule has 102 valence electrons. The Morgan fingerprint density at radius 1 is 1.35 bits per heavy atom. The number of hydrogen-bond donors (Lipinski definition) is 1. The van der Waals surface area contributed by atoms with Crippen LogP contribution in [-0.4, -0.2) is 26.0 Å². The molecule has 0 fully saturated rings. The number of nitro groups is 1. The number of non-ortho nitro benzene ring substituents is 1. The lowest BCUT2D eigenvalue weighted by molar-refractivity contribution is -0.384. The molecule has 2 aromatic rings. The van der Waals surface area contributed by atoms with Crippen LogP contribution in [0.2, 0.25) is 5.02 Å². The van der Waals surface area contributed by atoms with Gasteiger partial charge in [-0.1, -0.05) is 11.6 Å². The molecule has 0 aliphatic carbocycles. The second-order valence-corrected chi connectivity index (χ2v) is 4.88. The Morgan fingerprint density at radius 2 is 2.00 bits per heavy atom. The van der Waals surface area contributed by atoms with Crippen molar-refractivity contribution in [2.24, 2.45) is 0 Å². The highest BCUT2D eigenvalue weighted by atomic mass is 35.5. The number of halogens is 1. The first-order chi connectivity index (χ1) is 9.49. The van der Waals surface area contributed by atoms with Gasteiger partial charge in [0.2, 0.25) is 0 Å². The molecule has 0 aliphatic heterocycles. The minimum absolute atomic E-state index is 0.0333. The minimum atomic E-state index is -1.31. The smallest absolute Gasteiger partial charge is 0.337 e. The predicted molar refractivity (Wildman–Crippen MR) is 71.2 cm³/mol. The van der Waals surface area contributed by atoms with Gasteiger partial charge in [-0.25, -0.2) is 14.8 Å². The SMILES string of the molecule is O=C(O)c1cc([N+](=O)[O-])cc(Cl)c1Sc1ncccn1. The molecule has 0 radical (unpaired) electrons.